The predicted octanol–water partition coefficient (Wildman–Crippen LogP) is 3.39. The van der Waals surface area contributed by atoms with Crippen LogP contribution in [0.3, 0.4) is 0 Å². The monoisotopic (exact) mass is 448 g/mol. The molecular weight excluding hydrogens is 431 g/mol. The molecule has 0 aliphatic rings. The van der Waals surface area contributed by atoms with Crippen LogP contribution < -0.4 is 10.5 Å². The van der Waals surface area contributed by atoms with Crippen molar-refractivity contribution in [3.8, 4) is 10.4 Å². The Morgan fingerprint density at radius 1 is 1.03 bits per heavy atom. The number of nitrogens with two attached hydrogens (primary N) is 1. The number of hydrogen-bond donors (Lipinski definition) is 2. The molecule has 3 N–H and O–H groups in total. The molecule has 0 aliphatic heterocycles. The number of benzene rings is 2. The van der Waals surface area contributed by atoms with Gasteiger partial charge in [0.15, 0.2) is 6.10 Å². The van der Waals surface area contributed by atoms with Crippen molar-refractivity contribution in [1.29, 1.82) is 0 Å². The standard InChI is InChI=1S/C20H17FN2O5S2/c1-12(19(24)23-15-6-8-16(9-7-15)30(22,26)27)28-20(25)18-11-10-17(29-18)13-2-4-14(21)5-3-13/h2-12H,1H3,(H,23,24)(H2,22,26,27). The number of primary sulfonamides is 1. The molecule has 2 aromatic carbocycles. The lowest BCUT2D eigenvalue weighted by molar-refractivity contribution is -0.123. The fourth-order valence-corrected chi connectivity index (χ4v) is 3.87. The smallest absolute Gasteiger partial charge is 0.349 e. The van der Waals surface area contributed by atoms with E-state index in [1.165, 1.54) is 43.3 Å². The summed E-state index contributed by atoms with van der Waals surface area (Å²) in [5, 5.41) is 7.55. The number of rotatable bonds is 6. The molecule has 1 amide bonds. The first-order valence-electron chi connectivity index (χ1n) is 8.64. The molecule has 30 heavy (non-hydrogen) atoms. The lowest BCUT2D eigenvalue weighted by Crippen LogP contribution is -2.29. The number of thiophene rings is 1. The third-order valence-electron chi connectivity index (χ3n) is 4.04. The van der Waals surface area contributed by atoms with Crippen LogP contribution in [0.1, 0.15) is 16.6 Å². The molecule has 1 heterocycles. The van der Waals surface area contributed by atoms with Crippen molar-refractivity contribution < 1.29 is 27.1 Å². The maximum absolute atomic E-state index is 13.0. The Hall–Kier alpha value is -3.08. The van der Waals surface area contributed by atoms with Crippen LogP contribution >= 0.6 is 11.3 Å². The summed E-state index contributed by atoms with van der Waals surface area (Å²) in [6, 6.07) is 14.4. The zero-order valence-corrected chi connectivity index (χ0v) is 17.3. The van der Waals surface area contributed by atoms with Crippen LogP contribution in [0.5, 0.6) is 0 Å². The highest BCUT2D eigenvalue weighted by Crippen LogP contribution is 2.29. The summed E-state index contributed by atoms with van der Waals surface area (Å²) in [7, 11) is -3.83. The lowest BCUT2D eigenvalue weighted by Gasteiger charge is -2.13. The molecule has 156 valence electrons. The van der Waals surface area contributed by atoms with Crippen LogP contribution in [0.15, 0.2) is 65.6 Å². The summed E-state index contributed by atoms with van der Waals surface area (Å²) in [6.07, 6.45) is -1.09. The highest BCUT2D eigenvalue weighted by atomic mass is 32.2. The van der Waals surface area contributed by atoms with Crippen molar-refractivity contribution in [2.75, 3.05) is 5.32 Å². The fraction of sp³-hybridized carbons (Fsp3) is 0.100. The molecule has 0 saturated carbocycles. The number of ether oxygens (including phenoxy) is 1. The van der Waals surface area contributed by atoms with Gasteiger partial charge in [0.25, 0.3) is 5.91 Å². The highest BCUT2D eigenvalue weighted by Gasteiger charge is 2.21. The molecule has 3 rings (SSSR count). The average molecular weight is 448 g/mol. The maximum atomic E-state index is 13.0. The number of esters is 1. The predicted molar refractivity (Wildman–Crippen MR) is 111 cm³/mol. The number of carbonyl (C=O) groups is 2. The number of amides is 1. The number of anilines is 1. The van der Waals surface area contributed by atoms with Crippen molar-refractivity contribution in [3.05, 3.63) is 71.4 Å². The molecule has 1 aromatic heterocycles. The van der Waals surface area contributed by atoms with E-state index in [4.69, 9.17) is 9.88 Å². The van der Waals surface area contributed by atoms with Crippen LogP contribution in [0.2, 0.25) is 0 Å². The maximum Gasteiger partial charge on any atom is 0.349 e. The Morgan fingerprint density at radius 3 is 2.27 bits per heavy atom. The molecule has 1 atom stereocenters. The van der Waals surface area contributed by atoms with Gasteiger partial charge in [-0.05, 0) is 61.0 Å². The van der Waals surface area contributed by atoms with Crippen LogP contribution in [-0.2, 0) is 19.6 Å². The Balaban J connectivity index is 1.61. The minimum absolute atomic E-state index is 0.0883. The molecule has 0 saturated heterocycles. The summed E-state index contributed by atoms with van der Waals surface area (Å²) >= 11 is 1.16. The van der Waals surface area contributed by atoms with Crippen LogP contribution in [0, 0.1) is 5.82 Å². The van der Waals surface area contributed by atoms with Gasteiger partial charge in [0.2, 0.25) is 10.0 Å². The SMILES string of the molecule is CC(OC(=O)c1ccc(-c2ccc(F)cc2)s1)C(=O)Nc1ccc(S(N)(=O)=O)cc1. The Kier molecular flexibility index (Phi) is 6.30. The summed E-state index contributed by atoms with van der Waals surface area (Å²) in [4.78, 5) is 25.6. The Morgan fingerprint density at radius 2 is 1.67 bits per heavy atom. The van der Waals surface area contributed by atoms with E-state index in [1.807, 2.05) is 0 Å². The molecule has 0 bridgehead atoms. The van der Waals surface area contributed by atoms with Crippen molar-refractivity contribution >= 4 is 38.9 Å². The van der Waals surface area contributed by atoms with E-state index < -0.39 is 28.0 Å². The lowest BCUT2D eigenvalue weighted by atomic mass is 10.2. The van der Waals surface area contributed by atoms with Gasteiger partial charge in [0.1, 0.15) is 10.7 Å². The van der Waals surface area contributed by atoms with E-state index in [2.05, 4.69) is 5.32 Å². The van der Waals surface area contributed by atoms with E-state index in [1.54, 1.807) is 24.3 Å². The Bertz CT molecular complexity index is 1170. The van der Waals surface area contributed by atoms with E-state index in [9.17, 15) is 22.4 Å². The summed E-state index contributed by atoms with van der Waals surface area (Å²) in [5.74, 6) is -1.60. The molecule has 3 aromatic rings. The van der Waals surface area contributed by atoms with Crippen LogP contribution in [0.25, 0.3) is 10.4 Å². The zero-order valence-electron chi connectivity index (χ0n) is 15.7. The zero-order chi connectivity index (χ0) is 21.9. The van der Waals surface area contributed by atoms with Gasteiger partial charge in [-0.3, -0.25) is 4.79 Å². The van der Waals surface area contributed by atoms with Gasteiger partial charge in [0, 0.05) is 10.6 Å². The average Bonchev–Trinajstić information content (AvgIpc) is 3.18. The Labute approximate surface area is 176 Å². The first-order valence-corrected chi connectivity index (χ1v) is 11.0. The second-order valence-electron chi connectivity index (χ2n) is 6.28. The molecule has 7 nitrogen and oxygen atoms in total. The molecule has 10 heteroatoms. The minimum Gasteiger partial charge on any atom is -0.448 e. The summed E-state index contributed by atoms with van der Waals surface area (Å²) < 4.78 is 40.8. The van der Waals surface area contributed by atoms with E-state index in [0.29, 0.717) is 10.6 Å². The molecule has 1 unspecified atom stereocenters. The highest BCUT2D eigenvalue weighted by molar-refractivity contribution is 7.89. The van der Waals surface area contributed by atoms with Crippen molar-refractivity contribution in [3.63, 3.8) is 0 Å². The van der Waals surface area contributed by atoms with Gasteiger partial charge in [-0.2, -0.15) is 0 Å². The molecule has 0 spiro atoms. The second kappa shape index (κ2) is 8.74. The summed E-state index contributed by atoms with van der Waals surface area (Å²) in [5.41, 5.74) is 1.08. The normalized spacial score (nSPS) is 12.2. The van der Waals surface area contributed by atoms with Gasteiger partial charge >= 0.3 is 5.97 Å². The number of sulfonamides is 1. The third-order valence-corrected chi connectivity index (χ3v) is 6.08. The van der Waals surface area contributed by atoms with Gasteiger partial charge in [-0.15, -0.1) is 11.3 Å². The topological polar surface area (TPSA) is 116 Å². The molecule has 0 fully saturated rings. The first kappa shape index (κ1) is 21.6. The number of hydrogen-bond acceptors (Lipinski definition) is 6. The van der Waals surface area contributed by atoms with E-state index in [-0.39, 0.29) is 10.7 Å². The molecular formula is C20H17FN2O5S2. The number of nitrogens with one attached hydrogen (secondary N) is 1. The largest absolute Gasteiger partial charge is 0.448 e. The number of halogens is 1. The molecule has 0 aliphatic carbocycles. The number of carbonyl (C=O) groups excluding carboxylic acids is 2. The first-order chi connectivity index (χ1) is 14.1. The minimum atomic E-state index is -3.83. The van der Waals surface area contributed by atoms with Crippen LogP contribution in [-0.4, -0.2) is 26.4 Å². The van der Waals surface area contributed by atoms with E-state index in [0.717, 1.165) is 21.8 Å². The van der Waals surface area contributed by atoms with Gasteiger partial charge in [0.05, 0.1) is 4.90 Å². The van der Waals surface area contributed by atoms with E-state index >= 15 is 0 Å². The van der Waals surface area contributed by atoms with Crippen molar-refractivity contribution in [1.82, 2.24) is 0 Å². The molecule has 0 radical (unpaired) electrons. The third kappa shape index (κ3) is 5.29. The van der Waals surface area contributed by atoms with Crippen LogP contribution in [0.4, 0.5) is 10.1 Å². The van der Waals surface area contributed by atoms with Crippen molar-refractivity contribution in [2.45, 2.75) is 17.9 Å². The second-order valence-corrected chi connectivity index (χ2v) is 8.92. The summed E-state index contributed by atoms with van der Waals surface area (Å²) in [6.45, 7) is 1.42. The van der Waals surface area contributed by atoms with Gasteiger partial charge in [-0.25, -0.2) is 22.7 Å². The quantitative estimate of drug-likeness (QED) is 0.561. The van der Waals surface area contributed by atoms with Gasteiger partial charge < -0.3 is 10.1 Å². The fourth-order valence-electron chi connectivity index (χ4n) is 2.46. The van der Waals surface area contributed by atoms with Crippen molar-refractivity contribution in [2.24, 2.45) is 5.14 Å². The van der Waals surface area contributed by atoms with Gasteiger partial charge in [-0.1, -0.05) is 12.1 Å².